The number of para-hydroxylation sites is 1. The molecule has 92 valence electrons. The zero-order chi connectivity index (χ0) is 12.4. The zero-order valence-electron chi connectivity index (χ0n) is 9.97. The quantitative estimate of drug-likeness (QED) is 0.644. The minimum atomic E-state index is -0.345. The van der Waals surface area contributed by atoms with Gasteiger partial charge in [0, 0.05) is 19.2 Å². The van der Waals surface area contributed by atoms with Crippen molar-refractivity contribution in [1.29, 1.82) is 0 Å². The monoisotopic (exact) mass is 236 g/mol. The molecule has 0 amide bonds. The summed E-state index contributed by atoms with van der Waals surface area (Å²) in [5, 5.41) is 14.2. The van der Waals surface area contributed by atoms with E-state index in [1.807, 2.05) is 13.0 Å². The van der Waals surface area contributed by atoms with Crippen molar-refractivity contribution in [2.45, 2.75) is 31.9 Å². The van der Waals surface area contributed by atoms with Gasteiger partial charge in [0.25, 0.3) is 5.69 Å². The first-order valence-corrected chi connectivity index (χ1v) is 5.65. The van der Waals surface area contributed by atoms with E-state index in [-0.39, 0.29) is 22.8 Å². The molecule has 0 unspecified atom stereocenters. The maximum absolute atomic E-state index is 10.9. The van der Waals surface area contributed by atoms with E-state index in [1.54, 1.807) is 13.2 Å². The van der Waals surface area contributed by atoms with Gasteiger partial charge in [-0.2, -0.15) is 0 Å². The number of benzene rings is 1. The van der Waals surface area contributed by atoms with Crippen LogP contribution in [-0.4, -0.2) is 24.2 Å². The highest BCUT2D eigenvalue weighted by Crippen LogP contribution is 2.33. The third-order valence-corrected chi connectivity index (χ3v) is 3.22. The molecule has 1 aliphatic rings. The molecule has 17 heavy (non-hydrogen) atoms. The molecule has 0 heterocycles. The lowest BCUT2D eigenvalue weighted by molar-refractivity contribution is -0.384. The Bertz CT molecular complexity index is 428. The minimum absolute atomic E-state index is 0.144. The normalized spacial score (nSPS) is 22.9. The molecule has 1 N–H and O–H groups in total. The fourth-order valence-corrected chi connectivity index (χ4v) is 2.07. The minimum Gasteiger partial charge on any atom is -0.381 e. The molecule has 0 aromatic heterocycles. The molecule has 5 nitrogen and oxygen atoms in total. The fourth-order valence-electron chi connectivity index (χ4n) is 2.07. The van der Waals surface area contributed by atoms with Crippen LogP contribution >= 0.6 is 0 Å². The van der Waals surface area contributed by atoms with E-state index >= 15 is 0 Å². The molecule has 2 rings (SSSR count). The number of aryl methyl sites for hydroxylation is 1. The summed E-state index contributed by atoms with van der Waals surface area (Å²) in [5.74, 6) is 0. The van der Waals surface area contributed by atoms with Crippen LogP contribution in [0.4, 0.5) is 11.4 Å². The molecular formula is C12H16N2O3. The maximum atomic E-state index is 10.9. The first-order chi connectivity index (χ1) is 8.11. The van der Waals surface area contributed by atoms with Crippen LogP contribution in [0.3, 0.4) is 0 Å². The highest BCUT2D eigenvalue weighted by Gasteiger charge is 2.30. The third kappa shape index (κ3) is 2.39. The summed E-state index contributed by atoms with van der Waals surface area (Å²) in [6.45, 7) is 1.88. The molecule has 0 aliphatic heterocycles. The Morgan fingerprint density at radius 2 is 2.18 bits per heavy atom. The Labute approximate surface area is 99.9 Å². The lowest BCUT2D eigenvalue weighted by Gasteiger charge is -2.35. The molecule has 1 saturated carbocycles. The zero-order valence-corrected chi connectivity index (χ0v) is 9.97. The van der Waals surface area contributed by atoms with Gasteiger partial charge in [0.2, 0.25) is 0 Å². The summed E-state index contributed by atoms with van der Waals surface area (Å²) in [7, 11) is 1.69. The number of rotatable bonds is 4. The average molecular weight is 236 g/mol. The van der Waals surface area contributed by atoms with Crippen molar-refractivity contribution in [3.8, 4) is 0 Å². The first kappa shape index (κ1) is 11.9. The SMILES string of the molecule is COC1CC(Nc2c(C)cccc2[N+](=O)[O-])C1. The molecule has 1 aromatic carbocycles. The second-order valence-electron chi connectivity index (χ2n) is 4.40. The largest absolute Gasteiger partial charge is 0.381 e. The van der Waals surface area contributed by atoms with Crippen LogP contribution in [0, 0.1) is 17.0 Å². The molecular weight excluding hydrogens is 220 g/mol. The predicted molar refractivity (Wildman–Crippen MR) is 65.3 cm³/mol. The first-order valence-electron chi connectivity index (χ1n) is 5.65. The number of nitro groups is 1. The summed E-state index contributed by atoms with van der Waals surface area (Å²) >= 11 is 0. The van der Waals surface area contributed by atoms with Crippen molar-refractivity contribution < 1.29 is 9.66 Å². The van der Waals surface area contributed by atoms with Crippen molar-refractivity contribution in [1.82, 2.24) is 0 Å². The summed E-state index contributed by atoms with van der Waals surface area (Å²) in [6.07, 6.45) is 2.10. The maximum Gasteiger partial charge on any atom is 0.292 e. The van der Waals surface area contributed by atoms with Gasteiger partial charge in [0.1, 0.15) is 5.69 Å². The predicted octanol–water partition coefficient (Wildman–Crippen LogP) is 2.49. The van der Waals surface area contributed by atoms with Crippen molar-refractivity contribution in [3.63, 3.8) is 0 Å². The van der Waals surface area contributed by atoms with E-state index in [0.717, 1.165) is 18.4 Å². The Morgan fingerprint density at radius 1 is 1.47 bits per heavy atom. The summed E-state index contributed by atoms with van der Waals surface area (Å²) in [6, 6.07) is 5.39. The molecule has 0 spiro atoms. The fraction of sp³-hybridized carbons (Fsp3) is 0.500. The number of methoxy groups -OCH3 is 1. The van der Waals surface area contributed by atoms with Gasteiger partial charge in [0.15, 0.2) is 0 Å². The number of ether oxygens (including phenoxy) is 1. The number of anilines is 1. The molecule has 1 aliphatic carbocycles. The highest BCUT2D eigenvalue weighted by molar-refractivity contribution is 5.66. The number of nitro benzene ring substituents is 1. The van der Waals surface area contributed by atoms with Crippen LogP contribution in [0.15, 0.2) is 18.2 Å². The van der Waals surface area contributed by atoms with E-state index in [0.29, 0.717) is 5.69 Å². The number of nitrogens with one attached hydrogen (secondary N) is 1. The second-order valence-corrected chi connectivity index (χ2v) is 4.40. The van der Waals surface area contributed by atoms with Crippen LogP contribution in [-0.2, 0) is 4.74 Å². The van der Waals surface area contributed by atoms with E-state index in [4.69, 9.17) is 4.74 Å². The molecule has 0 atom stereocenters. The van der Waals surface area contributed by atoms with Crippen molar-refractivity contribution in [3.05, 3.63) is 33.9 Å². The summed E-state index contributed by atoms with van der Waals surface area (Å²) in [5.41, 5.74) is 1.68. The standard InChI is InChI=1S/C12H16N2O3/c1-8-4-3-5-11(14(15)16)12(8)13-9-6-10(7-9)17-2/h3-5,9-10,13H,6-7H2,1-2H3. The van der Waals surface area contributed by atoms with Crippen molar-refractivity contribution >= 4 is 11.4 Å². The molecule has 0 saturated heterocycles. The van der Waals surface area contributed by atoms with Gasteiger partial charge in [-0.1, -0.05) is 12.1 Å². The average Bonchev–Trinajstić information content (AvgIpc) is 2.24. The Morgan fingerprint density at radius 3 is 2.76 bits per heavy atom. The Hall–Kier alpha value is -1.62. The Kier molecular flexibility index (Phi) is 3.28. The topological polar surface area (TPSA) is 64.4 Å². The van der Waals surface area contributed by atoms with Crippen molar-refractivity contribution in [2.75, 3.05) is 12.4 Å². The molecule has 0 bridgehead atoms. The van der Waals surface area contributed by atoms with Gasteiger partial charge in [0.05, 0.1) is 11.0 Å². The van der Waals surface area contributed by atoms with Crippen LogP contribution in [0.25, 0.3) is 0 Å². The number of hydrogen-bond acceptors (Lipinski definition) is 4. The van der Waals surface area contributed by atoms with Gasteiger partial charge >= 0.3 is 0 Å². The van der Waals surface area contributed by atoms with Gasteiger partial charge in [-0.3, -0.25) is 10.1 Å². The molecule has 1 aromatic rings. The van der Waals surface area contributed by atoms with Crippen LogP contribution in [0.2, 0.25) is 0 Å². The number of hydrogen-bond donors (Lipinski definition) is 1. The lowest BCUT2D eigenvalue weighted by Crippen LogP contribution is -2.40. The molecule has 5 heteroatoms. The van der Waals surface area contributed by atoms with Gasteiger partial charge in [-0.05, 0) is 25.3 Å². The van der Waals surface area contributed by atoms with Gasteiger partial charge in [-0.25, -0.2) is 0 Å². The Balaban J connectivity index is 2.12. The highest BCUT2D eigenvalue weighted by atomic mass is 16.6. The van der Waals surface area contributed by atoms with E-state index in [9.17, 15) is 10.1 Å². The number of nitrogens with zero attached hydrogens (tertiary/aromatic N) is 1. The lowest BCUT2D eigenvalue weighted by atomic mass is 9.89. The van der Waals surface area contributed by atoms with Crippen molar-refractivity contribution in [2.24, 2.45) is 0 Å². The van der Waals surface area contributed by atoms with E-state index in [2.05, 4.69) is 5.32 Å². The summed E-state index contributed by atoms with van der Waals surface area (Å²) in [4.78, 5) is 10.6. The third-order valence-electron chi connectivity index (χ3n) is 3.22. The van der Waals surface area contributed by atoms with Crippen LogP contribution in [0.5, 0.6) is 0 Å². The van der Waals surface area contributed by atoms with Gasteiger partial charge in [-0.15, -0.1) is 0 Å². The van der Waals surface area contributed by atoms with Crippen LogP contribution in [0.1, 0.15) is 18.4 Å². The van der Waals surface area contributed by atoms with E-state index in [1.165, 1.54) is 6.07 Å². The molecule has 1 fully saturated rings. The second kappa shape index (κ2) is 4.71. The van der Waals surface area contributed by atoms with Gasteiger partial charge < -0.3 is 10.1 Å². The summed E-state index contributed by atoms with van der Waals surface area (Å²) < 4.78 is 5.19. The van der Waals surface area contributed by atoms with E-state index < -0.39 is 0 Å². The van der Waals surface area contributed by atoms with Crippen LogP contribution < -0.4 is 5.32 Å². The smallest absolute Gasteiger partial charge is 0.292 e. The molecule has 0 radical (unpaired) electrons.